The summed E-state index contributed by atoms with van der Waals surface area (Å²) in [5.74, 6) is 0.108. The molecular weight excluding hydrogens is 332 g/mol. The van der Waals surface area contributed by atoms with Crippen LogP contribution < -0.4 is 10.9 Å². The molecule has 26 heavy (non-hydrogen) atoms. The Labute approximate surface area is 151 Å². The first-order valence-corrected chi connectivity index (χ1v) is 8.70. The van der Waals surface area contributed by atoms with Crippen molar-refractivity contribution in [1.29, 1.82) is 0 Å². The van der Waals surface area contributed by atoms with Gasteiger partial charge in [0.25, 0.3) is 5.91 Å². The molecule has 2 amide bonds. The van der Waals surface area contributed by atoms with E-state index in [4.69, 9.17) is 4.42 Å². The van der Waals surface area contributed by atoms with E-state index in [0.29, 0.717) is 49.4 Å². The molecule has 1 aliphatic heterocycles. The number of hydrogen-bond donors (Lipinski definition) is 1. The lowest BCUT2D eigenvalue weighted by Gasteiger charge is -2.15. The van der Waals surface area contributed by atoms with Crippen LogP contribution in [0.4, 0.5) is 0 Å². The highest BCUT2D eigenvalue weighted by molar-refractivity contribution is 5.96. The van der Waals surface area contributed by atoms with E-state index < -0.39 is 5.63 Å². The van der Waals surface area contributed by atoms with Gasteiger partial charge in [-0.15, -0.1) is 0 Å². The average Bonchev–Trinajstić information content (AvgIpc) is 3.02. The molecule has 0 saturated carbocycles. The van der Waals surface area contributed by atoms with Gasteiger partial charge in [-0.05, 0) is 37.0 Å². The molecule has 1 aliphatic rings. The molecule has 1 N–H and O–H groups in total. The highest BCUT2D eigenvalue weighted by Crippen LogP contribution is 2.22. The second-order valence-electron chi connectivity index (χ2n) is 6.56. The zero-order valence-corrected chi connectivity index (χ0v) is 15.0. The Morgan fingerprint density at radius 1 is 1.15 bits per heavy atom. The van der Waals surface area contributed by atoms with Crippen LogP contribution in [0.2, 0.25) is 0 Å². The van der Waals surface area contributed by atoms with Gasteiger partial charge in [0.1, 0.15) is 5.76 Å². The van der Waals surface area contributed by atoms with Gasteiger partial charge in [0.15, 0.2) is 0 Å². The predicted octanol–water partition coefficient (Wildman–Crippen LogP) is 2.31. The number of nitrogens with one attached hydrogen (secondary N) is 1. The first-order chi connectivity index (χ1) is 12.5. The third-order valence-electron chi connectivity index (χ3n) is 4.61. The number of nitrogens with zero attached hydrogens (tertiary/aromatic N) is 1. The molecule has 0 spiro atoms. The van der Waals surface area contributed by atoms with Crippen LogP contribution in [0.5, 0.6) is 0 Å². The second-order valence-corrected chi connectivity index (χ2v) is 6.56. The van der Waals surface area contributed by atoms with Gasteiger partial charge < -0.3 is 14.6 Å². The fourth-order valence-corrected chi connectivity index (χ4v) is 3.29. The Hall–Kier alpha value is -2.89. The zero-order chi connectivity index (χ0) is 18.7. The van der Waals surface area contributed by atoms with E-state index in [1.165, 1.54) is 17.2 Å². The van der Waals surface area contributed by atoms with Crippen molar-refractivity contribution >= 4 is 11.8 Å². The number of carbonyl (C=O) groups is 2. The van der Waals surface area contributed by atoms with E-state index in [1.54, 1.807) is 13.8 Å². The first-order valence-electron chi connectivity index (χ1n) is 8.70. The maximum absolute atomic E-state index is 12.3. The Balaban J connectivity index is 1.47. The summed E-state index contributed by atoms with van der Waals surface area (Å²) in [7, 11) is 0. The highest BCUT2D eigenvalue weighted by Gasteiger charge is 2.22. The molecule has 0 saturated heterocycles. The lowest BCUT2D eigenvalue weighted by molar-refractivity contribution is -0.131. The fraction of sp³-hybridized carbons (Fsp3) is 0.350. The predicted molar refractivity (Wildman–Crippen MR) is 96.7 cm³/mol. The summed E-state index contributed by atoms with van der Waals surface area (Å²) in [5, 5.41) is 2.79. The van der Waals surface area contributed by atoms with Gasteiger partial charge in [0, 0.05) is 32.1 Å². The van der Waals surface area contributed by atoms with E-state index in [-0.39, 0.29) is 11.8 Å². The Kier molecular flexibility index (Phi) is 5.21. The standard InChI is InChI=1S/C20H22N2O4/c1-13-10-18(24)26-14(2)19(13)20(25)21-9-5-8-17(23)22-11-15-6-3-4-7-16(15)12-22/h3-4,6-7,10H,5,8-9,11-12H2,1-2H3,(H,21,25). The molecule has 136 valence electrons. The quantitative estimate of drug-likeness (QED) is 0.836. The molecule has 6 nitrogen and oxygen atoms in total. The van der Waals surface area contributed by atoms with Gasteiger partial charge in [-0.3, -0.25) is 9.59 Å². The number of fused-ring (bicyclic) bond motifs is 1. The maximum Gasteiger partial charge on any atom is 0.336 e. The minimum Gasteiger partial charge on any atom is -0.427 e. The monoisotopic (exact) mass is 354 g/mol. The number of rotatable bonds is 5. The van der Waals surface area contributed by atoms with Crippen LogP contribution in [0.1, 0.15) is 45.7 Å². The van der Waals surface area contributed by atoms with Gasteiger partial charge in [-0.1, -0.05) is 24.3 Å². The van der Waals surface area contributed by atoms with E-state index in [9.17, 15) is 14.4 Å². The van der Waals surface area contributed by atoms with E-state index >= 15 is 0 Å². The third-order valence-corrected chi connectivity index (χ3v) is 4.61. The average molecular weight is 354 g/mol. The van der Waals surface area contributed by atoms with Crippen molar-refractivity contribution in [3.05, 3.63) is 68.8 Å². The summed E-state index contributed by atoms with van der Waals surface area (Å²) in [6, 6.07) is 9.37. The third kappa shape index (κ3) is 3.85. The Bertz CT molecular complexity index is 850. The van der Waals surface area contributed by atoms with Crippen molar-refractivity contribution < 1.29 is 14.0 Å². The zero-order valence-electron chi connectivity index (χ0n) is 15.0. The van der Waals surface area contributed by atoms with Crippen molar-refractivity contribution in [2.75, 3.05) is 6.54 Å². The molecule has 3 rings (SSSR count). The lowest BCUT2D eigenvalue weighted by Crippen LogP contribution is -2.29. The van der Waals surface area contributed by atoms with Crippen LogP contribution >= 0.6 is 0 Å². The molecule has 2 heterocycles. The molecule has 1 aromatic heterocycles. The molecule has 0 radical (unpaired) electrons. The molecule has 2 aromatic rings. The Morgan fingerprint density at radius 2 is 1.81 bits per heavy atom. The molecule has 0 bridgehead atoms. The van der Waals surface area contributed by atoms with Crippen molar-refractivity contribution in [2.45, 2.75) is 39.8 Å². The smallest absolute Gasteiger partial charge is 0.336 e. The van der Waals surface area contributed by atoms with Crippen molar-refractivity contribution in [3.63, 3.8) is 0 Å². The molecule has 6 heteroatoms. The van der Waals surface area contributed by atoms with Crippen molar-refractivity contribution in [2.24, 2.45) is 0 Å². The van der Waals surface area contributed by atoms with Crippen LogP contribution in [0, 0.1) is 13.8 Å². The van der Waals surface area contributed by atoms with Crippen LogP contribution in [0.25, 0.3) is 0 Å². The summed E-state index contributed by atoms with van der Waals surface area (Å²) in [6.45, 7) is 5.00. The molecule has 1 aromatic carbocycles. The Morgan fingerprint density at radius 3 is 2.42 bits per heavy atom. The highest BCUT2D eigenvalue weighted by atomic mass is 16.4. The minimum atomic E-state index is -0.464. The minimum absolute atomic E-state index is 0.0912. The van der Waals surface area contributed by atoms with Crippen LogP contribution in [0.15, 0.2) is 39.5 Å². The van der Waals surface area contributed by atoms with E-state index in [2.05, 4.69) is 5.32 Å². The topological polar surface area (TPSA) is 79.6 Å². The van der Waals surface area contributed by atoms with E-state index in [0.717, 1.165) is 0 Å². The molecule has 0 aliphatic carbocycles. The van der Waals surface area contributed by atoms with Crippen LogP contribution in [-0.4, -0.2) is 23.3 Å². The van der Waals surface area contributed by atoms with Gasteiger partial charge in [0.05, 0.1) is 5.56 Å². The van der Waals surface area contributed by atoms with Crippen LogP contribution in [0.3, 0.4) is 0 Å². The lowest BCUT2D eigenvalue weighted by atomic mass is 10.1. The van der Waals surface area contributed by atoms with E-state index in [1.807, 2.05) is 29.2 Å². The van der Waals surface area contributed by atoms with Crippen LogP contribution in [-0.2, 0) is 17.9 Å². The van der Waals surface area contributed by atoms with Crippen molar-refractivity contribution in [3.8, 4) is 0 Å². The number of amides is 2. The summed E-state index contributed by atoms with van der Waals surface area (Å²) in [6.07, 6.45) is 0.947. The summed E-state index contributed by atoms with van der Waals surface area (Å²) in [4.78, 5) is 37.7. The number of benzene rings is 1. The molecule has 0 unspecified atom stereocenters. The second kappa shape index (κ2) is 7.56. The summed E-state index contributed by atoms with van der Waals surface area (Å²) in [5.41, 5.74) is 2.90. The van der Waals surface area contributed by atoms with Gasteiger partial charge in [0.2, 0.25) is 5.91 Å². The SMILES string of the molecule is Cc1cc(=O)oc(C)c1C(=O)NCCCC(=O)N1Cc2ccccc2C1. The summed E-state index contributed by atoms with van der Waals surface area (Å²) < 4.78 is 4.98. The molecular formula is C20H22N2O4. The number of hydrogen-bond acceptors (Lipinski definition) is 4. The number of aryl methyl sites for hydroxylation is 2. The first kappa shape index (κ1) is 17.9. The van der Waals surface area contributed by atoms with Gasteiger partial charge in [-0.2, -0.15) is 0 Å². The summed E-state index contributed by atoms with van der Waals surface area (Å²) >= 11 is 0. The normalized spacial score (nSPS) is 12.8. The van der Waals surface area contributed by atoms with Gasteiger partial charge in [-0.25, -0.2) is 4.79 Å². The molecule has 0 atom stereocenters. The maximum atomic E-state index is 12.3. The van der Waals surface area contributed by atoms with Crippen molar-refractivity contribution in [1.82, 2.24) is 10.2 Å². The number of carbonyl (C=O) groups excluding carboxylic acids is 2. The fourth-order valence-electron chi connectivity index (χ4n) is 3.29. The molecule has 0 fully saturated rings. The largest absolute Gasteiger partial charge is 0.427 e. The van der Waals surface area contributed by atoms with Gasteiger partial charge >= 0.3 is 5.63 Å².